The minimum Gasteiger partial charge on any atom is -0.438 e. The van der Waals surface area contributed by atoms with E-state index < -0.39 is 9.84 Å². The lowest BCUT2D eigenvalue weighted by molar-refractivity contribution is 0.460. The van der Waals surface area contributed by atoms with Gasteiger partial charge in [0.25, 0.3) is 0 Å². The highest BCUT2D eigenvalue weighted by molar-refractivity contribution is 8.08. The van der Waals surface area contributed by atoms with Gasteiger partial charge in [0.1, 0.15) is 5.75 Å². The summed E-state index contributed by atoms with van der Waals surface area (Å²) in [5.74, 6) is 1.83. The zero-order valence-electron chi connectivity index (χ0n) is 9.81. The number of H-pyrrole nitrogens is 1. The molecule has 0 amide bonds. The van der Waals surface area contributed by atoms with Crippen LogP contribution in [0.2, 0.25) is 0 Å². The Labute approximate surface area is 114 Å². The van der Waals surface area contributed by atoms with Crippen molar-refractivity contribution in [1.29, 1.82) is 0 Å². The molecule has 0 aromatic carbocycles. The first-order chi connectivity index (χ1) is 9.13. The molecular formula is C11H11N3O3S2. The molecule has 0 aliphatic carbocycles. The molecule has 1 fully saturated rings. The number of hydrogen-bond acceptors (Lipinski definition) is 6. The van der Waals surface area contributed by atoms with Gasteiger partial charge in [-0.25, -0.2) is 13.4 Å². The molecule has 0 bridgehead atoms. The van der Waals surface area contributed by atoms with Gasteiger partial charge >= 0.3 is 0 Å². The van der Waals surface area contributed by atoms with Gasteiger partial charge in [-0.05, 0) is 12.1 Å². The maximum atomic E-state index is 12.0. The third-order valence-corrected chi connectivity index (χ3v) is 5.31. The lowest BCUT2D eigenvalue weighted by atomic mass is 10.5. The molecule has 1 aliphatic rings. The fourth-order valence-electron chi connectivity index (χ4n) is 1.52. The number of ether oxygens (including phenoxy) is 1. The van der Waals surface area contributed by atoms with Gasteiger partial charge in [0.2, 0.25) is 20.9 Å². The Balaban J connectivity index is 1.75. The van der Waals surface area contributed by atoms with Crippen molar-refractivity contribution in [3.8, 4) is 11.6 Å². The van der Waals surface area contributed by atoms with Gasteiger partial charge < -0.3 is 4.74 Å². The van der Waals surface area contributed by atoms with Gasteiger partial charge in [-0.3, -0.25) is 9.97 Å². The normalized spacial score (nSPS) is 18.2. The molecule has 6 nitrogen and oxygen atoms in total. The van der Waals surface area contributed by atoms with Crippen molar-refractivity contribution < 1.29 is 13.2 Å². The summed E-state index contributed by atoms with van der Waals surface area (Å²) in [6, 6.07) is 3.45. The zero-order chi connectivity index (χ0) is 13.3. The van der Waals surface area contributed by atoms with E-state index in [1.165, 1.54) is 12.4 Å². The van der Waals surface area contributed by atoms with Crippen LogP contribution < -0.4 is 4.74 Å². The van der Waals surface area contributed by atoms with Crippen LogP contribution in [0.5, 0.6) is 11.6 Å². The van der Waals surface area contributed by atoms with Crippen molar-refractivity contribution in [2.45, 2.75) is 10.4 Å². The Hall–Kier alpha value is -1.54. The summed E-state index contributed by atoms with van der Waals surface area (Å²) in [5.41, 5.74) is 0. The van der Waals surface area contributed by atoms with Gasteiger partial charge in [0, 0.05) is 17.2 Å². The van der Waals surface area contributed by atoms with E-state index in [1.807, 2.05) is 0 Å². The summed E-state index contributed by atoms with van der Waals surface area (Å²) in [4.78, 5) is 10.4. The van der Waals surface area contributed by atoms with Crippen LogP contribution in [0.4, 0.5) is 0 Å². The number of aromatic amines is 1. The average molecular weight is 297 g/mol. The number of imidazole rings is 1. The van der Waals surface area contributed by atoms with Crippen LogP contribution in [0.15, 0.2) is 35.9 Å². The van der Waals surface area contributed by atoms with E-state index in [9.17, 15) is 8.42 Å². The molecule has 1 saturated heterocycles. The van der Waals surface area contributed by atoms with Crippen molar-refractivity contribution >= 4 is 21.6 Å². The summed E-state index contributed by atoms with van der Waals surface area (Å²) in [6.45, 7) is 0. The van der Waals surface area contributed by atoms with Crippen LogP contribution in [0.25, 0.3) is 0 Å². The first-order valence-corrected chi connectivity index (χ1v) is 8.31. The molecule has 3 rings (SSSR count). The van der Waals surface area contributed by atoms with E-state index in [0.29, 0.717) is 5.75 Å². The van der Waals surface area contributed by atoms with Crippen LogP contribution >= 0.6 is 11.8 Å². The van der Waals surface area contributed by atoms with Crippen LogP contribution in [-0.4, -0.2) is 40.1 Å². The standard InChI is InChI=1S/C11H11N3O3S2/c15-19(16,7-9-6-18-9)11-13-5-10(14-11)17-8-2-1-3-12-4-8/h1-5,9H,6-7H2,(H,13,14). The number of hydrogen-bond donors (Lipinski definition) is 1. The maximum Gasteiger partial charge on any atom is 0.227 e. The van der Waals surface area contributed by atoms with E-state index in [-0.39, 0.29) is 22.0 Å². The Morgan fingerprint density at radius 2 is 2.32 bits per heavy atom. The van der Waals surface area contributed by atoms with Gasteiger partial charge in [-0.15, -0.1) is 0 Å². The molecule has 8 heteroatoms. The fraction of sp³-hybridized carbons (Fsp3) is 0.273. The fourth-order valence-corrected chi connectivity index (χ4v) is 4.08. The number of sulfone groups is 1. The van der Waals surface area contributed by atoms with Crippen molar-refractivity contribution in [2.24, 2.45) is 0 Å². The van der Waals surface area contributed by atoms with Gasteiger partial charge in [0.05, 0.1) is 18.1 Å². The molecule has 0 spiro atoms. The topological polar surface area (TPSA) is 84.9 Å². The lowest BCUT2D eigenvalue weighted by Gasteiger charge is -2.01. The third kappa shape index (κ3) is 3.07. The molecule has 19 heavy (non-hydrogen) atoms. The Morgan fingerprint density at radius 3 is 3.00 bits per heavy atom. The highest BCUT2D eigenvalue weighted by Crippen LogP contribution is 2.32. The van der Waals surface area contributed by atoms with Crippen molar-refractivity contribution in [1.82, 2.24) is 15.0 Å². The minimum atomic E-state index is -3.35. The third-order valence-electron chi connectivity index (χ3n) is 2.49. The molecule has 100 valence electrons. The van der Waals surface area contributed by atoms with Crippen molar-refractivity contribution in [3.63, 3.8) is 0 Å². The Bertz CT molecular complexity index is 666. The van der Waals surface area contributed by atoms with Crippen LogP contribution in [0.3, 0.4) is 0 Å². The van der Waals surface area contributed by atoms with Crippen LogP contribution in [-0.2, 0) is 9.84 Å². The zero-order valence-corrected chi connectivity index (χ0v) is 11.4. The van der Waals surface area contributed by atoms with Crippen molar-refractivity contribution in [3.05, 3.63) is 30.7 Å². The van der Waals surface area contributed by atoms with E-state index >= 15 is 0 Å². The van der Waals surface area contributed by atoms with Gasteiger partial charge in [-0.1, -0.05) is 0 Å². The number of rotatable bonds is 5. The highest BCUT2D eigenvalue weighted by atomic mass is 32.2. The molecule has 0 radical (unpaired) electrons. The first-order valence-electron chi connectivity index (χ1n) is 5.61. The number of pyridine rings is 1. The SMILES string of the molecule is O=S(=O)(CC1CS1)c1ncc(Oc2cccnc2)[nH]1. The molecule has 1 atom stereocenters. The molecular weight excluding hydrogens is 286 g/mol. The predicted octanol–water partition coefficient (Wildman–Crippen LogP) is 1.49. The van der Waals surface area contributed by atoms with Crippen molar-refractivity contribution in [2.75, 3.05) is 11.5 Å². The summed E-state index contributed by atoms with van der Waals surface area (Å²) in [7, 11) is -3.35. The summed E-state index contributed by atoms with van der Waals surface area (Å²) < 4.78 is 29.4. The van der Waals surface area contributed by atoms with Gasteiger partial charge in [-0.2, -0.15) is 11.8 Å². The Kier molecular flexibility index (Phi) is 3.19. The van der Waals surface area contributed by atoms with E-state index in [4.69, 9.17) is 4.74 Å². The monoisotopic (exact) mass is 297 g/mol. The highest BCUT2D eigenvalue weighted by Gasteiger charge is 2.31. The maximum absolute atomic E-state index is 12.0. The van der Waals surface area contributed by atoms with E-state index in [2.05, 4.69) is 15.0 Å². The predicted molar refractivity (Wildman–Crippen MR) is 71.2 cm³/mol. The second-order valence-corrected chi connectivity index (χ2v) is 7.36. The average Bonchev–Trinajstić information content (AvgIpc) is 3.05. The molecule has 1 unspecified atom stereocenters. The number of nitrogens with one attached hydrogen (secondary N) is 1. The van der Waals surface area contributed by atoms with Crippen LogP contribution in [0, 0.1) is 0 Å². The number of aromatic nitrogens is 3. The van der Waals surface area contributed by atoms with Crippen LogP contribution in [0.1, 0.15) is 0 Å². The van der Waals surface area contributed by atoms with E-state index in [1.54, 1.807) is 30.1 Å². The van der Waals surface area contributed by atoms with Gasteiger partial charge in [0.15, 0.2) is 0 Å². The second kappa shape index (κ2) is 4.86. The summed E-state index contributed by atoms with van der Waals surface area (Å²) >= 11 is 1.64. The molecule has 1 N–H and O–H groups in total. The number of nitrogens with zero attached hydrogens (tertiary/aromatic N) is 2. The quantitative estimate of drug-likeness (QED) is 0.842. The Morgan fingerprint density at radius 1 is 1.47 bits per heavy atom. The largest absolute Gasteiger partial charge is 0.438 e. The minimum absolute atomic E-state index is 0.0427. The molecule has 2 aromatic heterocycles. The first kappa shape index (κ1) is 12.5. The molecule has 0 saturated carbocycles. The number of thioether (sulfide) groups is 1. The smallest absolute Gasteiger partial charge is 0.227 e. The summed E-state index contributed by atoms with van der Waals surface area (Å²) in [5, 5.41) is 0.164. The van der Waals surface area contributed by atoms with E-state index in [0.717, 1.165) is 5.75 Å². The molecule has 2 aromatic rings. The summed E-state index contributed by atoms with van der Waals surface area (Å²) in [6.07, 6.45) is 4.53. The molecule has 1 aliphatic heterocycles. The lowest BCUT2D eigenvalue weighted by Crippen LogP contribution is -2.12. The second-order valence-electron chi connectivity index (χ2n) is 4.08. The molecule has 3 heterocycles.